The number of H-pyrrole nitrogens is 1. The molecular formula is C17H29ClN4O. The fraction of sp³-hybridized carbons (Fsp3) is 0.765. The quantitative estimate of drug-likeness (QED) is 0.787. The molecule has 1 amide bonds. The van der Waals surface area contributed by atoms with Crippen LogP contribution in [0.5, 0.6) is 0 Å². The number of aromatic amines is 1. The predicted molar refractivity (Wildman–Crippen MR) is 94.9 cm³/mol. The summed E-state index contributed by atoms with van der Waals surface area (Å²) in [5, 5.41) is 13.7. The second kappa shape index (κ2) is 8.69. The molecule has 1 aromatic rings. The van der Waals surface area contributed by atoms with Crippen molar-refractivity contribution >= 4 is 24.1 Å². The molecule has 2 aliphatic rings. The van der Waals surface area contributed by atoms with E-state index in [1.165, 1.54) is 32.1 Å². The summed E-state index contributed by atoms with van der Waals surface area (Å²) in [5.74, 6) is 1.68. The molecule has 6 heteroatoms. The fourth-order valence-electron chi connectivity index (χ4n) is 3.83. The van der Waals surface area contributed by atoms with Gasteiger partial charge in [-0.15, -0.1) is 12.4 Å². The van der Waals surface area contributed by atoms with Crippen molar-refractivity contribution in [1.29, 1.82) is 0 Å². The van der Waals surface area contributed by atoms with Crippen molar-refractivity contribution in [3.63, 3.8) is 0 Å². The third-order valence-corrected chi connectivity index (χ3v) is 5.11. The standard InChI is InChI=1S/C17H28N4O.ClH/c1-12-9-14(7-8-18-12)17(22)19-16-11-15(20-21-16)10-13-5-3-2-4-6-13;/h11-14,18H,2-10H2,1H3,(H2,19,20,21,22);1H/t12-,14-;/m0./s1. The SMILES string of the molecule is C[C@H]1C[C@@H](C(=O)Nc2cc(CC3CCCCC3)[nH]n2)CCN1.Cl. The largest absolute Gasteiger partial charge is 0.314 e. The van der Waals surface area contributed by atoms with Crippen molar-refractivity contribution in [3.8, 4) is 0 Å². The molecule has 1 aromatic heterocycles. The Hall–Kier alpha value is -1.07. The molecule has 0 radical (unpaired) electrons. The van der Waals surface area contributed by atoms with Gasteiger partial charge in [-0.3, -0.25) is 9.89 Å². The van der Waals surface area contributed by atoms with E-state index in [0.717, 1.165) is 37.4 Å². The number of halogens is 1. The summed E-state index contributed by atoms with van der Waals surface area (Å²) < 4.78 is 0. The van der Waals surface area contributed by atoms with Gasteiger partial charge in [-0.2, -0.15) is 5.10 Å². The van der Waals surface area contributed by atoms with Crippen LogP contribution in [0.15, 0.2) is 6.07 Å². The van der Waals surface area contributed by atoms with Crippen molar-refractivity contribution in [1.82, 2.24) is 15.5 Å². The van der Waals surface area contributed by atoms with E-state index in [1.54, 1.807) is 0 Å². The summed E-state index contributed by atoms with van der Waals surface area (Å²) in [6, 6.07) is 2.43. The first-order valence-electron chi connectivity index (χ1n) is 8.79. The summed E-state index contributed by atoms with van der Waals surface area (Å²) in [7, 11) is 0. The average molecular weight is 341 g/mol. The zero-order valence-electron chi connectivity index (χ0n) is 13.9. The lowest BCUT2D eigenvalue weighted by atomic mass is 9.86. The lowest BCUT2D eigenvalue weighted by molar-refractivity contribution is -0.120. The third kappa shape index (κ3) is 5.21. The van der Waals surface area contributed by atoms with Gasteiger partial charge in [0.05, 0.1) is 0 Å². The van der Waals surface area contributed by atoms with Gasteiger partial charge in [-0.05, 0) is 38.6 Å². The molecule has 2 atom stereocenters. The minimum atomic E-state index is 0. The molecule has 5 nitrogen and oxygen atoms in total. The first kappa shape index (κ1) is 18.3. The van der Waals surface area contributed by atoms with Gasteiger partial charge in [-0.25, -0.2) is 0 Å². The Morgan fingerprint density at radius 3 is 2.83 bits per heavy atom. The van der Waals surface area contributed by atoms with Crippen molar-refractivity contribution in [2.24, 2.45) is 11.8 Å². The molecule has 2 heterocycles. The number of carbonyl (C=O) groups is 1. The highest BCUT2D eigenvalue weighted by Crippen LogP contribution is 2.27. The molecule has 0 aromatic carbocycles. The van der Waals surface area contributed by atoms with Gasteiger partial charge in [-0.1, -0.05) is 32.1 Å². The highest BCUT2D eigenvalue weighted by Gasteiger charge is 2.25. The number of amides is 1. The smallest absolute Gasteiger partial charge is 0.228 e. The minimum absolute atomic E-state index is 0. The monoisotopic (exact) mass is 340 g/mol. The van der Waals surface area contributed by atoms with E-state index < -0.39 is 0 Å². The van der Waals surface area contributed by atoms with Crippen molar-refractivity contribution in [2.75, 3.05) is 11.9 Å². The van der Waals surface area contributed by atoms with Crippen LogP contribution in [0.2, 0.25) is 0 Å². The second-order valence-corrected chi connectivity index (χ2v) is 7.05. The van der Waals surface area contributed by atoms with E-state index in [4.69, 9.17) is 0 Å². The van der Waals surface area contributed by atoms with Gasteiger partial charge >= 0.3 is 0 Å². The second-order valence-electron chi connectivity index (χ2n) is 7.05. The zero-order valence-corrected chi connectivity index (χ0v) is 14.8. The van der Waals surface area contributed by atoms with Crippen LogP contribution in [0.3, 0.4) is 0 Å². The molecule has 0 unspecified atom stereocenters. The maximum Gasteiger partial charge on any atom is 0.228 e. The molecular weight excluding hydrogens is 312 g/mol. The molecule has 0 spiro atoms. The highest BCUT2D eigenvalue weighted by molar-refractivity contribution is 5.91. The number of anilines is 1. The molecule has 3 N–H and O–H groups in total. The lowest BCUT2D eigenvalue weighted by Crippen LogP contribution is -2.40. The highest BCUT2D eigenvalue weighted by atomic mass is 35.5. The zero-order chi connectivity index (χ0) is 15.4. The van der Waals surface area contributed by atoms with Gasteiger partial charge in [0.25, 0.3) is 0 Å². The van der Waals surface area contributed by atoms with Gasteiger partial charge in [0.15, 0.2) is 5.82 Å². The van der Waals surface area contributed by atoms with Crippen LogP contribution >= 0.6 is 12.4 Å². The van der Waals surface area contributed by atoms with Crippen LogP contribution in [-0.2, 0) is 11.2 Å². The van der Waals surface area contributed by atoms with Crippen LogP contribution in [-0.4, -0.2) is 28.7 Å². The summed E-state index contributed by atoms with van der Waals surface area (Å²) in [4.78, 5) is 12.3. The van der Waals surface area contributed by atoms with E-state index in [2.05, 4.69) is 27.8 Å². The normalized spacial score (nSPS) is 25.6. The van der Waals surface area contributed by atoms with E-state index in [1.807, 2.05) is 6.07 Å². The number of nitrogens with one attached hydrogen (secondary N) is 3. The maximum absolute atomic E-state index is 12.3. The van der Waals surface area contributed by atoms with Crippen molar-refractivity contribution in [2.45, 2.75) is 64.3 Å². The fourth-order valence-corrected chi connectivity index (χ4v) is 3.83. The Labute approximate surface area is 144 Å². The topological polar surface area (TPSA) is 69.8 Å². The average Bonchev–Trinajstić information content (AvgIpc) is 2.95. The molecule has 1 aliphatic heterocycles. The number of carbonyl (C=O) groups excluding carboxylic acids is 1. The number of rotatable bonds is 4. The van der Waals surface area contributed by atoms with Crippen LogP contribution in [0.4, 0.5) is 5.82 Å². The number of hydrogen-bond donors (Lipinski definition) is 3. The number of nitrogens with zero attached hydrogens (tertiary/aromatic N) is 1. The Bertz CT molecular complexity index is 499. The minimum Gasteiger partial charge on any atom is -0.314 e. The van der Waals surface area contributed by atoms with Crippen LogP contribution in [0.25, 0.3) is 0 Å². The molecule has 1 aliphatic carbocycles. The maximum atomic E-state index is 12.3. The van der Waals surface area contributed by atoms with Crippen LogP contribution in [0, 0.1) is 11.8 Å². The predicted octanol–water partition coefficient (Wildman–Crippen LogP) is 3.28. The molecule has 130 valence electrons. The lowest BCUT2D eigenvalue weighted by Gasteiger charge is -2.26. The van der Waals surface area contributed by atoms with Crippen LogP contribution in [0.1, 0.15) is 57.6 Å². The molecule has 0 bridgehead atoms. The number of aromatic nitrogens is 2. The molecule has 2 fully saturated rings. The number of piperidine rings is 1. The summed E-state index contributed by atoms with van der Waals surface area (Å²) in [6.45, 7) is 3.06. The molecule has 1 saturated heterocycles. The first-order valence-corrected chi connectivity index (χ1v) is 8.79. The van der Waals surface area contributed by atoms with Crippen molar-refractivity contribution in [3.05, 3.63) is 11.8 Å². The van der Waals surface area contributed by atoms with Gasteiger partial charge in [0.2, 0.25) is 5.91 Å². The van der Waals surface area contributed by atoms with Gasteiger partial charge in [0.1, 0.15) is 0 Å². The van der Waals surface area contributed by atoms with Crippen molar-refractivity contribution < 1.29 is 4.79 Å². The van der Waals surface area contributed by atoms with Gasteiger partial charge in [0, 0.05) is 23.7 Å². The van der Waals surface area contributed by atoms with E-state index in [-0.39, 0.29) is 24.2 Å². The Balaban J connectivity index is 0.00000192. The number of hydrogen-bond acceptors (Lipinski definition) is 3. The summed E-state index contributed by atoms with van der Waals surface area (Å²) in [5.41, 5.74) is 1.15. The van der Waals surface area contributed by atoms with E-state index in [0.29, 0.717) is 11.9 Å². The summed E-state index contributed by atoms with van der Waals surface area (Å²) in [6.07, 6.45) is 9.64. The van der Waals surface area contributed by atoms with E-state index in [9.17, 15) is 4.79 Å². The molecule has 23 heavy (non-hydrogen) atoms. The first-order chi connectivity index (χ1) is 10.7. The third-order valence-electron chi connectivity index (χ3n) is 5.11. The van der Waals surface area contributed by atoms with Gasteiger partial charge < -0.3 is 10.6 Å². The molecule has 3 rings (SSSR count). The Morgan fingerprint density at radius 2 is 2.09 bits per heavy atom. The Morgan fingerprint density at radius 1 is 1.30 bits per heavy atom. The van der Waals surface area contributed by atoms with E-state index >= 15 is 0 Å². The Kier molecular flexibility index (Phi) is 6.90. The summed E-state index contributed by atoms with van der Waals surface area (Å²) >= 11 is 0. The molecule has 1 saturated carbocycles. The van der Waals surface area contributed by atoms with Crippen LogP contribution < -0.4 is 10.6 Å².